The van der Waals surface area contributed by atoms with E-state index in [1.807, 2.05) is 13.0 Å². The monoisotopic (exact) mass is 265 g/mol. The molecular formula is C16H15N3O. The van der Waals surface area contributed by atoms with Gasteiger partial charge in [-0.1, -0.05) is 12.1 Å². The summed E-state index contributed by atoms with van der Waals surface area (Å²) in [4.78, 5) is 23.1. The van der Waals surface area contributed by atoms with Crippen LogP contribution < -0.4 is 0 Å². The summed E-state index contributed by atoms with van der Waals surface area (Å²) in [6.45, 7) is 6.00. The largest absolute Gasteiger partial charge is 0.345 e. The lowest BCUT2D eigenvalue weighted by molar-refractivity contribution is 0.112. The topological polar surface area (TPSA) is 58.6 Å². The molecule has 0 aliphatic rings. The Kier molecular flexibility index (Phi) is 2.86. The predicted octanol–water partition coefficient (Wildman–Crippen LogP) is 3.36. The highest BCUT2D eigenvalue weighted by atomic mass is 16.1. The number of aryl methyl sites for hydroxylation is 3. The van der Waals surface area contributed by atoms with Crippen molar-refractivity contribution in [2.75, 3.05) is 0 Å². The summed E-state index contributed by atoms with van der Waals surface area (Å²) in [5, 5.41) is 0.786. The molecule has 100 valence electrons. The minimum Gasteiger partial charge on any atom is -0.345 e. The predicted molar refractivity (Wildman–Crippen MR) is 78.9 cm³/mol. The summed E-state index contributed by atoms with van der Waals surface area (Å²) in [5.41, 5.74) is 5.54. The van der Waals surface area contributed by atoms with Crippen LogP contribution in [0.1, 0.15) is 27.3 Å². The van der Waals surface area contributed by atoms with Crippen LogP contribution in [-0.4, -0.2) is 21.2 Å². The van der Waals surface area contributed by atoms with Gasteiger partial charge in [0.15, 0.2) is 6.29 Å². The van der Waals surface area contributed by atoms with Crippen molar-refractivity contribution in [2.45, 2.75) is 20.8 Å². The van der Waals surface area contributed by atoms with E-state index >= 15 is 0 Å². The number of hydrogen-bond acceptors (Lipinski definition) is 3. The zero-order valence-electron chi connectivity index (χ0n) is 11.7. The van der Waals surface area contributed by atoms with Gasteiger partial charge in [0.1, 0.15) is 11.5 Å². The number of nitrogens with zero attached hydrogens (tertiary/aromatic N) is 2. The Hall–Kier alpha value is -2.49. The molecule has 0 saturated carbocycles. The molecule has 0 atom stereocenters. The van der Waals surface area contributed by atoms with Crippen LogP contribution in [0.2, 0.25) is 0 Å². The van der Waals surface area contributed by atoms with Crippen LogP contribution in [0.4, 0.5) is 0 Å². The smallest absolute Gasteiger partial charge is 0.152 e. The molecule has 0 radical (unpaired) electrons. The Morgan fingerprint density at radius 2 is 1.90 bits per heavy atom. The maximum Gasteiger partial charge on any atom is 0.152 e. The lowest BCUT2D eigenvalue weighted by atomic mass is 10.0. The van der Waals surface area contributed by atoms with Crippen molar-refractivity contribution in [3.05, 3.63) is 46.9 Å². The summed E-state index contributed by atoms with van der Waals surface area (Å²) in [6, 6.07) is 6.20. The standard InChI is InChI=1S/C16H15N3O/c1-9-4-5-12(6-10(9)2)15-14-13(8-20)7-17-16(14)19-11(3)18-15/h4-8H,1-3H3,(H,17,18,19). The maximum atomic E-state index is 11.2. The van der Waals surface area contributed by atoms with Crippen molar-refractivity contribution in [1.29, 1.82) is 0 Å². The number of benzene rings is 1. The van der Waals surface area contributed by atoms with Crippen LogP contribution in [0.15, 0.2) is 24.4 Å². The summed E-state index contributed by atoms with van der Waals surface area (Å²) < 4.78 is 0. The van der Waals surface area contributed by atoms with Gasteiger partial charge in [-0.2, -0.15) is 0 Å². The zero-order chi connectivity index (χ0) is 14.3. The number of fused-ring (bicyclic) bond motifs is 1. The molecule has 4 nitrogen and oxygen atoms in total. The van der Waals surface area contributed by atoms with E-state index in [-0.39, 0.29) is 0 Å². The van der Waals surface area contributed by atoms with Gasteiger partial charge in [-0.25, -0.2) is 9.97 Å². The molecule has 4 heteroatoms. The average Bonchev–Trinajstić information content (AvgIpc) is 2.83. The zero-order valence-corrected chi connectivity index (χ0v) is 11.7. The number of hydrogen-bond donors (Lipinski definition) is 1. The first-order valence-electron chi connectivity index (χ1n) is 6.48. The molecular weight excluding hydrogens is 250 g/mol. The van der Waals surface area contributed by atoms with Crippen molar-refractivity contribution in [2.24, 2.45) is 0 Å². The SMILES string of the molecule is Cc1nc(-c2ccc(C)c(C)c2)c2c(C=O)c[nH]c2n1. The minimum absolute atomic E-state index is 0.591. The Morgan fingerprint density at radius 3 is 2.60 bits per heavy atom. The second-order valence-corrected chi connectivity index (χ2v) is 5.00. The fourth-order valence-electron chi connectivity index (χ4n) is 2.36. The Morgan fingerprint density at radius 1 is 1.10 bits per heavy atom. The fourth-order valence-corrected chi connectivity index (χ4v) is 2.36. The molecule has 2 heterocycles. The third-order valence-corrected chi connectivity index (χ3v) is 3.58. The van der Waals surface area contributed by atoms with Gasteiger partial charge in [-0.05, 0) is 38.0 Å². The molecule has 20 heavy (non-hydrogen) atoms. The van der Waals surface area contributed by atoms with Crippen LogP contribution in [-0.2, 0) is 0 Å². The van der Waals surface area contributed by atoms with Gasteiger partial charge in [0, 0.05) is 17.3 Å². The number of H-pyrrole nitrogens is 1. The first-order chi connectivity index (χ1) is 9.60. The Bertz CT molecular complexity index is 818. The molecule has 0 amide bonds. The van der Waals surface area contributed by atoms with Gasteiger partial charge < -0.3 is 4.98 Å². The van der Waals surface area contributed by atoms with E-state index in [9.17, 15) is 4.79 Å². The van der Waals surface area contributed by atoms with Gasteiger partial charge in [0.25, 0.3) is 0 Å². The molecule has 0 bridgehead atoms. The Balaban J connectivity index is 2.36. The highest BCUT2D eigenvalue weighted by Crippen LogP contribution is 2.29. The van der Waals surface area contributed by atoms with Crippen molar-refractivity contribution in [3.8, 4) is 11.3 Å². The van der Waals surface area contributed by atoms with E-state index in [2.05, 4.69) is 40.9 Å². The van der Waals surface area contributed by atoms with Gasteiger partial charge in [0.05, 0.1) is 11.1 Å². The lowest BCUT2D eigenvalue weighted by Gasteiger charge is -2.07. The van der Waals surface area contributed by atoms with E-state index in [1.165, 1.54) is 11.1 Å². The van der Waals surface area contributed by atoms with Crippen LogP contribution >= 0.6 is 0 Å². The number of aromatic nitrogens is 3. The molecule has 0 fully saturated rings. The molecule has 0 aliphatic carbocycles. The summed E-state index contributed by atoms with van der Waals surface area (Å²) in [6.07, 6.45) is 2.51. The second kappa shape index (κ2) is 4.56. The molecule has 0 aliphatic heterocycles. The van der Waals surface area contributed by atoms with E-state index in [1.54, 1.807) is 6.20 Å². The van der Waals surface area contributed by atoms with Crippen LogP contribution in [0.25, 0.3) is 22.3 Å². The van der Waals surface area contributed by atoms with E-state index in [0.29, 0.717) is 17.0 Å². The normalized spacial score (nSPS) is 10.9. The molecule has 0 unspecified atom stereocenters. The van der Waals surface area contributed by atoms with Crippen LogP contribution in [0.5, 0.6) is 0 Å². The molecule has 3 aromatic rings. The van der Waals surface area contributed by atoms with Gasteiger partial charge in [0.2, 0.25) is 0 Å². The summed E-state index contributed by atoms with van der Waals surface area (Å²) >= 11 is 0. The molecule has 2 aromatic heterocycles. The molecule has 3 rings (SSSR count). The lowest BCUT2D eigenvalue weighted by Crippen LogP contribution is -1.95. The van der Waals surface area contributed by atoms with Gasteiger partial charge in [-0.15, -0.1) is 0 Å². The Labute approximate surface area is 116 Å². The van der Waals surface area contributed by atoms with Gasteiger partial charge in [-0.3, -0.25) is 4.79 Å². The number of rotatable bonds is 2. The van der Waals surface area contributed by atoms with E-state index < -0.39 is 0 Å². The first-order valence-corrected chi connectivity index (χ1v) is 6.48. The van der Waals surface area contributed by atoms with E-state index in [0.717, 1.165) is 22.9 Å². The van der Waals surface area contributed by atoms with Crippen molar-refractivity contribution in [3.63, 3.8) is 0 Å². The third-order valence-electron chi connectivity index (χ3n) is 3.58. The average molecular weight is 265 g/mol. The fraction of sp³-hybridized carbons (Fsp3) is 0.188. The van der Waals surface area contributed by atoms with Crippen molar-refractivity contribution in [1.82, 2.24) is 15.0 Å². The molecule has 1 N–H and O–H groups in total. The molecule has 0 spiro atoms. The molecule has 0 saturated heterocycles. The minimum atomic E-state index is 0.591. The third kappa shape index (κ3) is 1.90. The van der Waals surface area contributed by atoms with Gasteiger partial charge >= 0.3 is 0 Å². The highest BCUT2D eigenvalue weighted by molar-refractivity contribution is 6.03. The van der Waals surface area contributed by atoms with Crippen LogP contribution in [0, 0.1) is 20.8 Å². The number of nitrogens with one attached hydrogen (secondary N) is 1. The van der Waals surface area contributed by atoms with Crippen LogP contribution in [0.3, 0.4) is 0 Å². The molecule has 1 aromatic carbocycles. The number of aldehydes is 1. The number of carbonyl (C=O) groups excluding carboxylic acids is 1. The van der Waals surface area contributed by atoms with Crippen molar-refractivity contribution < 1.29 is 4.79 Å². The second-order valence-electron chi connectivity index (χ2n) is 5.00. The number of carbonyl (C=O) groups is 1. The quantitative estimate of drug-likeness (QED) is 0.723. The van der Waals surface area contributed by atoms with Crippen molar-refractivity contribution >= 4 is 17.3 Å². The van der Waals surface area contributed by atoms with E-state index in [4.69, 9.17) is 0 Å². The summed E-state index contributed by atoms with van der Waals surface area (Å²) in [5.74, 6) is 0.685. The number of aromatic amines is 1. The highest BCUT2D eigenvalue weighted by Gasteiger charge is 2.14. The maximum absolute atomic E-state index is 11.2. The summed E-state index contributed by atoms with van der Waals surface area (Å²) in [7, 11) is 0. The first kappa shape index (κ1) is 12.5.